The smallest absolute Gasteiger partial charge is 0.0721 e. The summed E-state index contributed by atoms with van der Waals surface area (Å²) in [5.41, 5.74) is -0.727. The van der Waals surface area contributed by atoms with Gasteiger partial charge in [-0.3, -0.25) is 0 Å². The maximum Gasteiger partial charge on any atom is 0.0721 e. The summed E-state index contributed by atoms with van der Waals surface area (Å²) in [5.74, 6) is -4.88. The van der Waals surface area contributed by atoms with E-state index in [0.717, 1.165) is 50.7 Å². The summed E-state index contributed by atoms with van der Waals surface area (Å²) in [5, 5.41) is 40.5. The van der Waals surface area contributed by atoms with Crippen molar-refractivity contribution in [3.8, 4) is 0 Å². The molecule has 1 rings (SSSR count). The number of hydrogen-bond donors (Lipinski definition) is 0. The Labute approximate surface area is 326 Å². The summed E-state index contributed by atoms with van der Waals surface area (Å²) < 4.78 is 6.50. The molecular weight excluding hydrogens is 846 g/mol. The van der Waals surface area contributed by atoms with Gasteiger partial charge >= 0.3 is 139 Å². The molecule has 0 saturated heterocycles. The predicted octanol–water partition coefficient (Wildman–Crippen LogP) is 6.86. The minimum atomic E-state index is -1.52. The molecule has 0 heterocycles. The Morgan fingerprint density at radius 3 is 0.900 bits per heavy atom. The minimum Gasteiger partial charge on any atom is -0.545 e. The number of carboxylic acid groups (broad SMARTS) is 4. The molecule has 0 amide bonds. The van der Waals surface area contributed by atoms with Gasteiger partial charge in [0.05, 0.1) is 11.9 Å². The largest absolute Gasteiger partial charge is 0.545 e. The van der Waals surface area contributed by atoms with Gasteiger partial charge < -0.3 is 39.6 Å². The summed E-state index contributed by atoms with van der Waals surface area (Å²) in [6.45, 7) is 13.4. The molecule has 0 bridgehead atoms. The number of benzene rings is 1. The van der Waals surface area contributed by atoms with Gasteiger partial charge in [-0.25, -0.2) is 0 Å². The number of carbonyl (C=O) groups excluding carboxylic acids is 4. The molecule has 286 valence electrons. The second-order valence-corrected chi connectivity index (χ2v) is 20.7. The van der Waals surface area contributed by atoms with Crippen LogP contribution in [0.25, 0.3) is 0 Å². The van der Waals surface area contributed by atoms with Crippen molar-refractivity contribution in [2.75, 3.05) is 0 Å². The molecule has 0 aliphatic carbocycles. The first-order valence-electron chi connectivity index (χ1n) is 19.3. The molecular formula is C40H70O8Sn2. The maximum absolute atomic E-state index is 10.3. The van der Waals surface area contributed by atoms with Crippen LogP contribution in [0.4, 0.5) is 0 Å². The molecule has 0 saturated carbocycles. The van der Waals surface area contributed by atoms with Crippen molar-refractivity contribution in [2.24, 2.45) is 0 Å². The molecule has 8 nitrogen and oxygen atoms in total. The molecule has 1 aromatic carbocycles. The molecule has 0 aliphatic rings. The average molecular weight is 916 g/mol. The van der Waals surface area contributed by atoms with Crippen molar-refractivity contribution in [2.45, 2.75) is 188 Å². The van der Waals surface area contributed by atoms with Gasteiger partial charge in [-0.15, -0.1) is 0 Å². The van der Waals surface area contributed by atoms with E-state index in [2.05, 4.69) is 41.5 Å². The Balaban J connectivity index is -0.000000266. The Morgan fingerprint density at radius 2 is 0.680 bits per heavy atom. The van der Waals surface area contributed by atoms with Crippen molar-refractivity contribution < 1.29 is 39.6 Å². The first kappa shape index (κ1) is 55.5. The predicted molar refractivity (Wildman–Crippen MR) is 202 cm³/mol. The van der Waals surface area contributed by atoms with E-state index in [-0.39, 0.29) is 66.3 Å². The maximum atomic E-state index is 10.3. The standard InChI is InChI=1S/C8H6O4.2C8H16O2.4C4H9.2Sn/c9-7(10)5-3-1-2-4-6(5)8(11)12;2*1-2-3-4-5-6-7-8(9)10;4*1-3-4-2;;/h1-4H,(H,9,10)(H,11,12);2*2-7H2,1H3,(H,9,10);4*1,3-4H2,2H3;;/q;;;;;;;2*+2/p-4. The molecule has 0 atom stereocenters. The average Bonchev–Trinajstić information content (AvgIpc) is 3.09. The summed E-state index contributed by atoms with van der Waals surface area (Å²) in [7, 11) is 0. The third-order valence-corrected chi connectivity index (χ3v) is 15.2. The zero-order chi connectivity index (χ0) is 38.7. The van der Waals surface area contributed by atoms with Crippen molar-refractivity contribution >= 4 is 66.2 Å². The van der Waals surface area contributed by atoms with E-state index < -0.39 is 23.9 Å². The van der Waals surface area contributed by atoms with E-state index in [4.69, 9.17) is 0 Å². The van der Waals surface area contributed by atoms with Crippen LogP contribution >= 0.6 is 0 Å². The van der Waals surface area contributed by atoms with Crippen LogP contribution < -0.4 is 20.4 Å². The van der Waals surface area contributed by atoms with Gasteiger partial charge in [0.1, 0.15) is 0 Å². The summed E-state index contributed by atoms with van der Waals surface area (Å²) >= 11 is 0.299. The molecule has 10 heteroatoms. The first-order valence-corrected chi connectivity index (χ1v) is 27.4. The number of unbranched alkanes of at least 4 members (excludes halogenated alkanes) is 12. The van der Waals surface area contributed by atoms with E-state index >= 15 is 0 Å². The van der Waals surface area contributed by atoms with Gasteiger partial charge in [0.2, 0.25) is 0 Å². The fraction of sp³-hybridized carbons (Fsp3) is 0.750. The van der Waals surface area contributed by atoms with Crippen molar-refractivity contribution in [1.29, 1.82) is 0 Å². The monoisotopic (exact) mass is 918 g/mol. The fourth-order valence-corrected chi connectivity index (χ4v) is 12.4. The van der Waals surface area contributed by atoms with Crippen LogP contribution in [-0.4, -0.2) is 66.2 Å². The van der Waals surface area contributed by atoms with Crippen molar-refractivity contribution in [3.63, 3.8) is 0 Å². The SMILES string of the molecule is CCCCCCCC(=O)[O-].CCCCCCCC(=O)[O-].CCC[CH2][Sn+2][CH2]CCC.CCC[CH2][Sn+2][CH2]CCC.O=C([O-])c1ccccc1C(=O)[O-]. The quantitative estimate of drug-likeness (QED) is 0.0720. The first-order chi connectivity index (χ1) is 24.0. The van der Waals surface area contributed by atoms with Crippen molar-refractivity contribution in [3.05, 3.63) is 35.4 Å². The Bertz CT molecular complexity index is 813. The van der Waals surface area contributed by atoms with Gasteiger partial charge in [-0.2, -0.15) is 0 Å². The number of aliphatic carboxylic acids is 2. The van der Waals surface area contributed by atoms with Crippen LogP contribution in [0.15, 0.2) is 24.3 Å². The number of hydrogen-bond acceptors (Lipinski definition) is 8. The zero-order valence-electron chi connectivity index (χ0n) is 32.5. The molecule has 1 aromatic rings. The second-order valence-electron chi connectivity index (χ2n) is 12.1. The number of carbonyl (C=O) groups is 4. The second kappa shape index (κ2) is 47.7. The van der Waals surface area contributed by atoms with Gasteiger partial charge in [0.15, 0.2) is 0 Å². The van der Waals surface area contributed by atoms with Gasteiger partial charge in [-0.1, -0.05) is 89.5 Å². The normalized spacial score (nSPS) is 9.40. The molecule has 0 fully saturated rings. The van der Waals surface area contributed by atoms with Crippen LogP contribution in [0.3, 0.4) is 0 Å². The minimum absolute atomic E-state index is 0.149. The van der Waals surface area contributed by atoms with E-state index in [0.29, 0.717) is 0 Å². The van der Waals surface area contributed by atoms with E-state index in [1.807, 2.05) is 0 Å². The van der Waals surface area contributed by atoms with Gasteiger partial charge in [0, 0.05) is 23.1 Å². The molecule has 0 N–H and O–H groups in total. The Kier molecular flexibility index (Phi) is 52.9. The molecule has 50 heavy (non-hydrogen) atoms. The zero-order valence-corrected chi connectivity index (χ0v) is 38.3. The van der Waals surface area contributed by atoms with Crippen molar-refractivity contribution in [1.82, 2.24) is 0 Å². The van der Waals surface area contributed by atoms with Crippen LogP contribution in [0.1, 0.15) is 191 Å². The van der Waals surface area contributed by atoms with Crippen LogP contribution in [0.5, 0.6) is 0 Å². The third kappa shape index (κ3) is 51.1. The summed E-state index contributed by atoms with van der Waals surface area (Å²) in [6, 6.07) is 5.14. The summed E-state index contributed by atoms with van der Waals surface area (Å²) in [6.07, 6.45) is 22.9. The topological polar surface area (TPSA) is 161 Å². The third-order valence-electron chi connectivity index (χ3n) is 7.16. The van der Waals surface area contributed by atoms with E-state index in [9.17, 15) is 39.6 Å². The molecule has 0 unspecified atom stereocenters. The van der Waals surface area contributed by atoms with Crippen LogP contribution in [0.2, 0.25) is 17.7 Å². The number of aromatic carboxylic acids is 2. The Morgan fingerprint density at radius 1 is 0.420 bits per heavy atom. The number of rotatable bonds is 26. The van der Waals surface area contributed by atoms with Gasteiger partial charge in [-0.05, 0) is 25.7 Å². The van der Waals surface area contributed by atoms with Crippen LogP contribution in [-0.2, 0) is 9.59 Å². The van der Waals surface area contributed by atoms with E-state index in [1.165, 1.54) is 89.2 Å². The molecule has 0 aromatic heterocycles. The molecule has 0 radical (unpaired) electrons. The Hall–Kier alpha value is -1.30. The number of carboxylic acids is 4. The summed E-state index contributed by atoms with van der Waals surface area (Å²) in [4.78, 5) is 40.5. The fourth-order valence-electron chi connectivity index (χ4n) is 4.04. The van der Waals surface area contributed by atoms with E-state index in [1.54, 1.807) is 17.7 Å². The molecule has 0 spiro atoms. The van der Waals surface area contributed by atoms with Crippen LogP contribution in [0, 0.1) is 0 Å². The molecule has 0 aliphatic heterocycles. The van der Waals surface area contributed by atoms with Gasteiger partial charge in [0.25, 0.3) is 0 Å².